The Hall–Kier alpha value is -3.02. The van der Waals surface area contributed by atoms with Crippen molar-refractivity contribution < 1.29 is 14.3 Å². The van der Waals surface area contributed by atoms with Crippen LogP contribution >= 0.6 is 0 Å². The molecule has 0 aliphatic carbocycles. The van der Waals surface area contributed by atoms with Gasteiger partial charge in [-0.3, -0.25) is 4.79 Å². The van der Waals surface area contributed by atoms with Crippen LogP contribution in [0, 0.1) is 0 Å². The summed E-state index contributed by atoms with van der Waals surface area (Å²) in [6.45, 7) is 2.01. The summed E-state index contributed by atoms with van der Waals surface area (Å²) in [5.41, 5.74) is 2.35. The van der Waals surface area contributed by atoms with E-state index in [0.717, 1.165) is 23.3 Å². The summed E-state index contributed by atoms with van der Waals surface area (Å²) in [6.07, 6.45) is 0.721. The first-order valence-corrected chi connectivity index (χ1v) is 8.13. The summed E-state index contributed by atoms with van der Waals surface area (Å²) in [5, 5.41) is 3.02. The van der Waals surface area contributed by atoms with Gasteiger partial charge in [0.25, 0.3) is 5.91 Å². The van der Waals surface area contributed by atoms with Crippen molar-refractivity contribution in [2.45, 2.75) is 19.4 Å². The van der Waals surface area contributed by atoms with E-state index in [9.17, 15) is 4.79 Å². The van der Waals surface area contributed by atoms with Crippen LogP contribution < -0.4 is 14.8 Å². The third-order valence-corrected chi connectivity index (χ3v) is 4.10. The van der Waals surface area contributed by atoms with Gasteiger partial charge in [0.1, 0.15) is 5.82 Å². The monoisotopic (exact) mass is 339 g/mol. The van der Waals surface area contributed by atoms with Gasteiger partial charge < -0.3 is 19.8 Å². The number of carbonyl (C=O) groups excluding carboxylic acids is 1. The Labute approximate surface area is 146 Å². The number of aromatic nitrogens is 2. The van der Waals surface area contributed by atoms with E-state index in [4.69, 9.17) is 9.47 Å². The molecule has 0 aliphatic heterocycles. The smallest absolute Gasteiger partial charge is 0.252 e. The van der Waals surface area contributed by atoms with Crippen LogP contribution in [0.15, 0.2) is 42.5 Å². The minimum atomic E-state index is -0.201. The summed E-state index contributed by atoms with van der Waals surface area (Å²) in [6, 6.07) is 12.7. The predicted octanol–water partition coefficient (Wildman–Crippen LogP) is 3.46. The summed E-state index contributed by atoms with van der Waals surface area (Å²) in [7, 11) is 3.11. The van der Waals surface area contributed by atoms with E-state index < -0.39 is 0 Å². The van der Waals surface area contributed by atoms with Gasteiger partial charge in [0.15, 0.2) is 11.5 Å². The summed E-state index contributed by atoms with van der Waals surface area (Å²) >= 11 is 0. The van der Waals surface area contributed by atoms with Gasteiger partial charge in [0.2, 0.25) is 0 Å². The third-order valence-electron chi connectivity index (χ3n) is 4.10. The van der Waals surface area contributed by atoms with Crippen molar-refractivity contribution in [2.75, 3.05) is 14.2 Å². The van der Waals surface area contributed by atoms with Crippen LogP contribution in [0.5, 0.6) is 11.5 Å². The Bertz CT molecular complexity index is 856. The van der Waals surface area contributed by atoms with Gasteiger partial charge in [-0.2, -0.15) is 0 Å². The molecule has 0 saturated heterocycles. The number of imidazole rings is 1. The van der Waals surface area contributed by atoms with Gasteiger partial charge in [-0.1, -0.05) is 19.1 Å². The highest BCUT2D eigenvalue weighted by Gasteiger charge is 2.18. The number of aromatic amines is 1. The van der Waals surface area contributed by atoms with E-state index in [1.807, 2.05) is 31.2 Å². The minimum absolute atomic E-state index is 0.187. The number of carbonyl (C=O) groups is 1. The molecule has 1 heterocycles. The summed E-state index contributed by atoms with van der Waals surface area (Å²) in [5.74, 6) is 1.67. The van der Waals surface area contributed by atoms with E-state index in [2.05, 4.69) is 15.3 Å². The zero-order valence-corrected chi connectivity index (χ0v) is 14.5. The van der Waals surface area contributed by atoms with Crippen LogP contribution in [0.25, 0.3) is 11.0 Å². The van der Waals surface area contributed by atoms with E-state index in [1.54, 1.807) is 32.4 Å². The number of hydrogen-bond donors (Lipinski definition) is 2. The van der Waals surface area contributed by atoms with E-state index in [-0.39, 0.29) is 11.9 Å². The Kier molecular flexibility index (Phi) is 4.88. The fraction of sp³-hybridized carbons (Fsp3) is 0.263. The highest BCUT2D eigenvalue weighted by molar-refractivity contribution is 5.95. The van der Waals surface area contributed by atoms with E-state index >= 15 is 0 Å². The van der Waals surface area contributed by atoms with E-state index in [0.29, 0.717) is 17.1 Å². The van der Waals surface area contributed by atoms with Crippen molar-refractivity contribution in [2.24, 2.45) is 0 Å². The molecule has 6 heteroatoms. The molecular weight excluding hydrogens is 318 g/mol. The molecule has 0 unspecified atom stereocenters. The van der Waals surface area contributed by atoms with E-state index in [1.165, 1.54) is 0 Å². The second-order valence-electron chi connectivity index (χ2n) is 5.64. The molecule has 0 bridgehead atoms. The average molecular weight is 339 g/mol. The maximum atomic E-state index is 12.6. The zero-order chi connectivity index (χ0) is 17.8. The van der Waals surface area contributed by atoms with Crippen LogP contribution in [0.1, 0.15) is 35.6 Å². The molecule has 3 rings (SSSR count). The van der Waals surface area contributed by atoms with Crippen LogP contribution in [-0.4, -0.2) is 30.1 Å². The van der Waals surface area contributed by atoms with Crippen LogP contribution in [-0.2, 0) is 0 Å². The molecule has 2 N–H and O–H groups in total. The van der Waals surface area contributed by atoms with Crippen molar-refractivity contribution >= 4 is 16.9 Å². The lowest BCUT2D eigenvalue weighted by Gasteiger charge is -2.15. The fourth-order valence-electron chi connectivity index (χ4n) is 2.72. The molecule has 25 heavy (non-hydrogen) atoms. The standard InChI is InChI=1S/C19H21N3O3/c1-4-13(18-20-14-7-5-6-8-15(14)21-18)22-19(23)12-9-10-16(24-2)17(11-12)25-3/h5-11,13H,4H2,1-3H3,(H,20,21)(H,22,23)/t13-/m0/s1. The summed E-state index contributed by atoms with van der Waals surface area (Å²) in [4.78, 5) is 20.5. The van der Waals surface area contributed by atoms with Gasteiger partial charge in [0.05, 0.1) is 31.3 Å². The van der Waals surface area contributed by atoms with Gasteiger partial charge in [-0.15, -0.1) is 0 Å². The fourth-order valence-corrected chi connectivity index (χ4v) is 2.72. The molecule has 3 aromatic rings. The number of amides is 1. The number of para-hydroxylation sites is 2. The van der Waals surface area contributed by atoms with Gasteiger partial charge >= 0.3 is 0 Å². The lowest BCUT2D eigenvalue weighted by atomic mass is 10.1. The molecule has 130 valence electrons. The SMILES string of the molecule is CC[C@H](NC(=O)c1ccc(OC)c(OC)c1)c1nc2ccccc2[nH]1. The number of fused-ring (bicyclic) bond motifs is 1. The second kappa shape index (κ2) is 7.25. The van der Waals surface area contributed by atoms with Crippen molar-refractivity contribution in [1.29, 1.82) is 0 Å². The normalized spacial score (nSPS) is 12.0. The number of nitrogens with one attached hydrogen (secondary N) is 2. The van der Waals surface area contributed by atoms with Gasteiger partial charge in [-0.05, 0) is 36.8 Å². The first kappa shape index (κ1) is 16.8. The topological polar surface area (TPSA) is 76.2 Å². The number of H-pyrrole nitrogens is 1. The van der Waals surface area contributed by atoms with Crippen molar-refractivity contribution in [3.05, 3.63) is 53.9 Å². The first-order valence-electron chi connectivity index (χ1n) is 8.13. The van der Waals surface area contributed by atoms with Crippen LogP contribution in [0.3, 0.4) is 0 Å². The molecular formula is C19H21N3O3. The number of nitrogens with zero attached hydrogens (tertiary/aromatic N) is 1. The third kappa shape index (κ3) is 3.42. The van der Waals surface area contributed by atoms with Crippen LogP contribution in [0.4, 0.5) is 0 Å². The highest BCUT2D eigenvalue weighted by atomic mass is 16.5. The molecule has 0 saturated carbocycles. The molecule has 0 aliphatic rings. The molecule has 0 spiro atoms. The molecule has 0 fully saturated rings. The van der Waals surface area contributed by atoms with Gasteiger partial charge in [0, 0.05) is 5.56 Å². The Morgan fingerprint density at radius 2 is 1.92 bits per heavy atom. The summed E-state index contributed by atoms with van der Waals surface area (Å²) < 4.78 is 10.5. The van der Waals surface area contributed by atoms with Gasteiger partial charge in [-0.25, -0.2) is 4.98 Å². The predicted molar refractivity (Wildman–Crippen MR) is 96.1 cm³/mol. The average Bonchev–Trinajstić information content (AvgIpc) is 3.09. The Morgan fingerprint density at radius 3 is 2.60 bits per heavy atom. The lowest BCUT2D eigenvalue weighted by molar-refractivity contribution is 0.0933. The molecule has 1 atom stereocenters. The maximum Gasteiger partial charge on any atom is 0.252 e. The van der Waals surface area contributed by atoms with Crippen LogP contribution in [0.2, 0.25) is 0 Å². The Balaban J connectivity index is 1.82. The van der Waals surface area contributed by atoms with Crippen molar-refractivity contribution in [3.8, 4) is 11.5 Å². The lowest BCUT2D eigenvalue weighted by Crippen LogP contribution is -2.28. The largest absolute Gasteiger partial charge is 0.493 e. The number of benzene rings is 2. The first-order chi connectivity index (χ1) is 12.2. The maximum absolute atomic E-state index is 12.6. The number of ether oxygens (including phenoxy) is 2. The van der Waals surface area contributed by atoms with Crippen molar-refractivity contribution in [1.82, 2.24) is 15.3 Å². The second-order valence-corrected chi connectivity index (χ2v) is 5.64. The molecule has 2 aromatic carbocycles. The quantitative estimate of drug-likeness (QED) is 0.721. The zero-order valence-electron chi connectivity index (χ0n) is 14.5. The molecule has 1 amide bonds. The number of methoxy groups -OCH3 is 2. The number of hydrogen-bond acceptors (Lipinski definition) is 4. The highest BCUT2D eigenvalue weighted by Crippen LogP contribution is 2.28. The number of rotatable bonds is 6. The van der Waals surface area contributed by atoms with Crippen molar-refractivity contribution in [3.63, 3.8) is 0 Å². The molecule has 1 aromatic heterocycles. The molecule has 0 radical (unpaired) electrons. The minimum Gasteiger partial charge on any atom is -0.493 e. The Morgan fingerprint density at radius 1 is 1.16 bits per heavy atom. The molecule has 6 nitrogen and oxygen atoms in total.